The molecule has 0 unspecified atom stereocenters. The van der Waals surface area contributed by atoms with Gasteiger partial charge in [-0.15, -0.1) is 0 Å². The maximum Gasteiger partial charge on any atom is 0.305 e. The first kappa shape index (κ1) is 48.5. The Morgan fingerprint density at radius 3 is 1.51 bits per heavy atom. The van der Waals surface area contributed by atoms with E-state index in [2.05, 4.69) is 45.1 Å². The lowest BCUT2D eigenvalue weighted by molar-refractivity contribution is -0.152. The SMILES string of the molecule is CCCCCC(=O)/C=C/C=C\C/C=C\C/C=C\CCCC(=O)OC[C@H](O)COC(=O)CCCCCCCCCCCCCCCCCCC(C)C. The number of allylic oxidation sites excluding steroid dienone is 8. The van der Waals surface area contributed by atoms with Crippen LogP contribution in [0.15, 0.2) is 48.6 Å². The van der Waals surface area contributed by atoms with Gasteiger partial charge in [-0.2, -0.15) is 0 Å². The summed E-state index contributed by atoms with van der Waals surface area (Å²) in [6.45, 7) is 6.46. The molecule has 0 saturated carbocycles. The van der Waals surface area contributed by atoms with Gasteiger partial charge in [0.1, 0.15) is 19.3 Å². The highest BCUT2D eigenvalue weighted by Gasteiger charge is 2.12. The van der Waals surface area contributed by atoms with Crippen LogP contribution in [0.2, 0.25) is 0 Å². The summed E-state index contributed by atoms with van der Waals surface area (Å²) in [7, 11) is 0. The van der Waals surface area contributed by atoms with Gasteiger partial charge in [-0.1, -0.05) is 179 Å². The second-order valence-corrected chi connectivity index (χ2v) is 14.6. The number of hydrogen-bond acceptors (Lipinski definition) is 6. The zero-order valence-corrected chi connectivity index (χ0v) is 33.3. The van der Waals surface area contributed by atoms with Gasteiger partial charge in [0.25, 0.3) is 0 Å². The molecule has 294 valence electrons. The van der Waals surface area contributed by atoms with E-state index in [-0.39, 0.29) is 37.4 Å². The van der Waals surface area contributed by atoms with E-state index in [1.165, 1.54) is 89.9 Å². The lowest BCUT2D eigenvalue weighted by Crippen LogP contribution is -2.25. The molecule has 0 aliphatic rings. The Bertz CT molecular complexity index is 931. The minimum absolute atomic E-state index is 0.147. The third kappa shape index (κ3) is 40.2. The van der Waals surface area contributed by atoms with E-state index in [1.807, 2.05) is 18.2 Å². The van der Waals surface area contributed by atoms with Crippen LogP contribution in [0.5, 0.6) is 0 Å². The number of ether oxygens (including phenoxy) is 2. The largest absolute Gasteiger partial charge is 0.463 e. The van der Waals surface area contributed by atoms with E-state index in [0.29, 0.717) is 19.3 Å². The molecule has 0 aliphatic heterocycles. The molecule has 6 heteroatoms. The van der Waals surface area contributed by atoms with Crippen LogP contribution in [-0.2, 0) is 23.9 Å². The fraction of sp³-hybridized carbons (Fsp3) is 0.756. The van der Waals surface area contributed by atoms with Crippen LogP contribution in [0, 0.1) is 5.92 Å². The number of rotatable bonds is 37. The molecule has 0 saturated heterocycles. The summed E-state index contributed by atoms with van der Waals surface area (Å²) in [6, 6.07) is 0. The van der Waals surface area contributed by atoms with Crippen LogP contribution in [0.3, 0.4) is 0 Å². The van der Waals surface area contributed by atoms with Crippen molar-refractivity contribution in [1.82, 2.24) is 0 Å². The molecular formula is C45H78O6. The van der Waals surface area contributed by atoms with Gasteiger partial charge in [-0.3, -0.25) is 14.4 Å². The quantitative estimate of drug-likeness (QED) is 0.0226. The Kier molecular flexibility index (Phi) is 36.9. The summed E-state index contributed by atoms with van der Waals surface area (Å²) in [4.78, 5) is 35.6. The molecule has 0 spiro atoms. The molecule has 6 nitrogen and oxygen atoms in total. The highest BCUT2D eigenvalue weighted by molar-refractivity contribution is 5.89. The monoisotopic (exact) mass is 715 g/mol. The fourth-order valence-electron chi connectivity index (χ4n) is 5.75. The average Bonchev–Trinajstić information content (AvgIpc) is 3.11. The first-order valence-electron chi connectivity index (χ1n) is 21.0. The van der Waals surface area contributed by atoms with Crippen molar-refractivity contribution >= 4 is 17.7 Å². The van der Waals surface area contributed by atoms with Gasteiger partial charge in [0.2, 0.25) is 0 Å². The minimum atomic E-state index is -1.00. The maximum absolute atomic E-state index is 12.0. The summed E-state index contributed by atoms with van der Waals surface area (Å²) in [5.41, 5.74) is 0. The summed E-state index contributed by atoms with van der Waals surface area (Å²) in [6.07, 6.45) is 44.4. The predicted octanol–water partition coefficient (Wildman–Crippen LogP) is 12.4. The van der Waals surface area contributed by atoms with Crippen LogP contribution in [0.4, 0.5) is 0 Å². The molecule has 1 atom stereocenters. The van der Waals surface area contributed by atoms with E-state index in [4.69, 9.17) is 9.47 Å². The normalized spacial score (nSPS) is 12.6. The van der Waals surface area contributed by atoms with Crippen LogP contribution in [0.25, 0.3) is 0 Å². The standard InChI is InChI=1S/C45H78O6/c1-4-5-29-35-42(46)36-31-26-22-18-14-12-16-20-24-28-33-38-45(49)51-40-43(47)39-50-44(48)37-32-27-23-19-15-11-9-7-6-8-10-13-17-21-25-30-34-41(2)3/h12,14,20,22,24,26,31,36,41,43,47H,4-11,13,15-19,21,23,25,27-30,32-35,37-40H2,1-3H3/b14-12-,24-20-,26-22-,36-31+/t43-/m1/s1. The molecule has 0 aromatic rings. The van der Waals surface area contributed by atoms with Crippen LogP contribution in [-0.4, -0.2) is 42.1 Å². The molecule has 0 fully saturated rings. The van der Waals surface area contributed by atoms with Gasteiger partial charge >= 0.3 is 11.9 Å². The Balaban J connectivity index is 3.54. The first-order valence-corrected chi connectivity index (χ1v) is 21.0. The van der Waals surface area contributed by atoms with Crippen LogP contribution >= 0.6 is 0 Å². The zero-order chi connectivity index (χ0) is 37.5. The van der Waals surface area contributed by atoms with Gasteiger partial charge in [0, 0.05) is 19.3 Å². The highest BCUT2D eigenvalue weighted by atomic mass is 16.6. The third-order valence-corrected chi connectivity index (χ3v) is 8.97. The molecule has 0 aromatic carbocycles. The summed E-state index contributed by atoms with van der Waals surface area (Å²) < 4.78 is 10.3. The molecule has 1 N–H and O–H groups in total. The van der Waals surface area contributed by atoms with Crippen molar-refractivity contribution in [2.24, 2.45) is 5.92 Å². The van der Waals surface area contributed by atoms with Gasteiger partial charge in [-0.25, -0.2) is 0 Å². The van der Waals surface area contributed by atoms with Crippen LogP contribution < -0.4 is 0 Å². The van der Waals surface area contributed by atoms with Crippen molar-refractivity contribution in [3.8, 4) is 0 Å². The molecule has 0 radical (unpaired) electrons. The topological polar surface area (TPSA) is 89.9 Å². The molecule has 0 rings (SSSR count). The Labute approximate surface area is 314 Å². The van der Waals surface area contributed by atoms with Crippen molar-refractivity contribution in [3.63, 3.8) is 0 Å². The summed E-state index contributed by atoms with van der Waals surface area (Å²) >= 11 is 0. The lowest BCUT2D eigenvalue weighted by Gasteiger charge is -2.12. The van der Waals surface area contributed by atoms with Crippen molar-refractivity contribution in [2.75, 3.05) is 13.2 Å². The smallest absolute Gasteiger partial charge is 0.305 e. The molecule has 0 aliphatic carbocycles. The Morgan fingerprint density at radius 2 is 0.980 bits per heavy atom. The fourth-order valence-corrected chi connectivity index (χ4v) is 5.75. The third-order valence-electron chi connectivity index (χ3n) is 8.97. The molecular weight excluding hydrogens is 636 g/mol. The Morgan fingerprint density at radius 1 is 0.529 bits per heavy atom. The lowest BCUT2D eigenvalue weighted by atomic mass is 10.0. The molecule has 0 aromatic heterocycles. The Hall–Kier alpha value is -2.47. The zero-order valence-electron chi connectivity index (χ0n) is 33.3. The number of carbonyl (C=O) groups excluding carboxylic acids is 3. The van der Waals surface area contributed by atoms with Crippen molar-refractivity contribution in [3.05, 3.63) is 48.6 Å². The second-order valence-electron chi connectivity index (χ2n) is 14.6. The van der Waals surface area contributed by atoms with E-state index in [9.17, 15) is 19.5 Å². The highest BCUT2D eigenvalue weighted by Crippen LogP contribution is 2.15. The van der Waals surface area contributed by atoms with Gasteiger partial charge < -0.3 is 14.6 Å². The number of aliphatic hydroxyl groups is 1. The van der Waals surface area contributed by atoms with E-state index in [1.54, 1.807) is 6.08 Å². The van der Waals surface area contributed by atoms with Crippen molar-refractivity contribution in [1.29, 1.82) is 0 Å². The van der Waals surface area contributed by atoms with Gasteiger partial charge in [-0.05, 0) is 50.5 Å². The van der Waals surface area contributed by atoms with Gasteiger partial charge in [0.15, 0.2) is 5.78 Å². The van der Waals surface area contributed by atoms with Crippen molar-refractivity contribution < 1.29 is 29.0 Å². The van der Waals surface area contributed by atoms with Gasteiger partial charge in [0.05, 0.1) is 0 Å². The van der Waals surface area contributed by atoms with E-state index in [0.717, 1.165) is 63.7 Å². The molecule has 0 amide bonds. The van der Waals surface area contributed by atoms with E-state index < -0.39 is 6.10 Å². The maximum atomic E-state index is 12.0. The summed E-state index contributed by atoms with van der Waals surface area (Å²) in [5.74, 6) is 0.382. The number of esters is 2. The minimum Gasteiger partial charge on any atom is -0.463 e. The second kappa shape index (κ2) is 38.8. The number of carbonyl (C=O) groups is 3. The first-order chi connectivity index (χ1) is 24.8. The van der Waals surface area contributed by atoms with E-state index >= 15 is 0 Å². The van der Waals surface area contributed by atoms with Crippen LogP contribution in [0.1, 0.15) is 194 Å². The molecule has 0 heterocycles. The number of aliphatic hydroxyl groups excluding tert-OH is 1. The number of unbranched alkanes of at least 4 members (excludes halogenated alkanes) is 18. The number of ketones is 1. The average molecular weight is 715 g/mol. The molecule has 0 bridgehead atoms. The predicted molar refractivity (Wildman–Crippen MR) is 215 cm³/mol. The molecule has 51 heavy (non-hydrogen) atoms. The van der Waals surface area contributed by atoms with Crippen molar-refractivity contribution in [2.45, 2.75) is 200 Å². The summed E-state index contributed by atoms with van der Waals surface area (Å²) in [5, 5.41) is 10.0. The number of hydrogen-bond donors (Lipinski definition) is 1.